The van der Waals surface area contributed by atoms with E-state index in [9.17, 15) is 0 Å². The number of ether oxygens (including phenoxy) is 2. The zero-order valence-corrected chi connectivity index (χ0v) is 16.2. The summed E-state index contributed by atoms with van der Waals surface area (Å²) < 4.78 is 12.1. The third-order valence-electron chi connectivity index (χ3n) is 4.73. The average molecular weight is 357 g/mol. The lowest BCUT2D eigenvalue weighted by Crippen LogP contribution is -3.07. The van der Waals surface area contributed by atoms with E-state index in [-0.39, 0.29) is 0 Å². The molecule has 4 nitrogen and oxygen atoms in total. The van der Waals surface area contributed by atoms with Crippen molar-refractivity contribution in [3.63, 3.8) is 0 Å². The number of hydrogen-bond donors (Lipinski definition) is 1. The smallest absolute Gasteiger partial charge is 0.161 e. The van der Waals surface area contributed by atoms with Crippen LogP contribution in [-0.2, 0) is 6.54 Å². The summed E-state index contributed by atoms with van der Waals surface area (Å²) in [4.78, 5) is 6.21. The molecule has 0 spiro atoms. The van der Waals surface area contributed by atoms with Crippen LogP contribution < -0.4 is 14.4 Å². The Labute approximate surface area is 153 Å². The van der Waals surface area contributed by atoms with E-state index in [2.05, 4.69) is 45.2 Å². The van der Waals surface area contributed by atoms with E-state index in [1.807, 2.05) is 12.1 Å². The van der Waals surface area contributed by atoms with Crippen LogP contribution in [0.2, 0.25) is 0 Å². The molecule has 3 rings (SSSR count). The number of hydrogen-bond acceptors (Lipinski definition) is 4. The van der Waals surface area contributed by atoms with Gasteiger partial charge in [0.1, 0.15) is 12.6 Å². The standard InChI is InChI=1S/C20H24N2O2S/c1-13-10-17(23-4)18(24-5)11-15(13)12-22(3)14(2)20-21-16-8-6-7-9-19(16)25-20/h6-11,14H,12H2,1-5H3/p+1/t14-/m1/s1. The summed E-state index contributed by atoms with van der Waals surface area (Å²) in [6, 6.07) is 12.8. The van der Waals surface area contributed by atoms with Crippen molar-refractivity contribution in [1.82, 2.24) is 4.98 Å². The molecular formula is C20H25N2O2S+. The monoisotopic (exact) mass is 357 g/mol. The largest absolute Gasteiger partial charge is 0.493 e. The Hall–Kier alpha value is -2.11. The molecule has 0 amide bonds. The number of aromatic nitrogens is 1. The van der Waals surface area contributed by atoms with Crippen LogP contribution in [0.5, 0.6) is 11.5 Å². The van der Waals surface area contributed by atoms with Crippen molar-refractivity contribution in [2.75, 3.05) is 21.3 Å². The maximum Gasteiger partial charge on any atom is 0.161 e. The van der Waals surface area contributed by atoms with Gasteiger partial charge in [0, 0.05) is 5.56 Å². The van der Waals surface area contributed by atoms with Gasteiger partial charge in [0.05, 0.1) is 31.5 Å². The number of quaternary nitrogens is 1. The number of methoxy groups -OCH3 is 2. The van der Waals surface area contributed by atoms with E-state index in [0.717, 1.165) is 23.6 Å². The first-order valence-corrected chi connectivity index (χ1v) is 9.24. The van der Waals surface area contributed by atoms with Crippen LogP contribution in [0.1, 0.15) is 29.1 Å². The highest BCUT2D eigenvalue weighted by Gasteiger charge is 2.21. The van der Waals surface area contributed by atoms with Crippen molar-refractivity contribution >= 4 is 21.6 Å². The molecule has 1 aromatic heterocycles. The topological polar surface area (TPSA) is 35.8 Å². The summed E-state index contributed by atoms with van der Waals surface area (Å²) in [6.07, 6.45) is 0. The zero-order valence-electron chi connectivity index (χ0n) is 15.4. The minimum atomic E-state index is 0.324. The van der Waals surface area contributed by atoms with Crippen LogP contribution >= 0.6 is 11.3 Å². The second-order valence-electron chi connectivity index (χ2n) is 6.40. The van der Waals surface area contributed by atoms with Gasteiger partial charge in [0.25, 0.3) is 0 Å². The zero-order chi connectivity index (χ0) is 18.0. The number of para-hydroxylation sites is 1. The second kappa shape index (κ2) is 7.42. The van der Waals surface area contributed by atoms with Crippen LogP contribution in [-0.4, -0.2) is 26.3 Å². The summed E-state index contributed by atoms with van der Waals surface area (Å²) in [5, 5.41) is 1.18. The first-order valence-electron chi connectivity index (χ1n) is 8.42. The Bertz CT molecular complexity index is 842. The average Bonchev–Trinajstić information content (AvgIpc) is 3.06. The van der Waals surface area contributed by atoms with E-state index < -0.39 is 0 Å². The number of rotatable bonds is 6. The summed E-state index contributed by atoms with van der Waals surface area (Å²) in [7, 11) is 5.56. The van der Waals surface area contributed by atoms with Gasteiger partial charge in [-0.3, -0.25) is 0 Å². The fourth-order valence-corrected chi connectivity index (χ4v) is 4.06. The molecule has 25 heavy (non-hydrogen) atoms. The predicted molar refractivity (Wildman–Crippen MR) is 103 cm³/mol. The van der Waals surface area contributed by atoms with Gasteiger partial charge < -0.3 is 14.4 Å². The maximum absolute atomic E-state index is 5.45. The first kappa shape index (κ1) is 17.7. The Kier molecular flexibility index (Phi) is 5.25. The van der Waals surface area contributed by atoms with Crippen molar-refractivity contribution in [3.8, 4) is 11.5 Å². The quantitative estimate of drug-likeness (QED) is 0.734. The number of fused-ring (bicyclic) bond motifs is 1. The Balaban J connectivity index is 1.82. The lowest BCUT2D eigenvalue weighted by molar-refractivity contribution is -0.923. The van der Waals surface area contributed by atoms with E-state index in [1.165, 1.54) is 25.7 Å². The third kappa shape index (κ3) is 3.62. The Morgan fingerprint density at radius 3 is 2.48 bits per heavy atom. The van der Waals surface area contributed by atoms with E-state index in [0.29, 0.717) is 6.04 Å². The SMILES string of the molecule is COc1cc(C)c(C[NH+](C)[C@H](C)c2nc3ccccc3s2)cc1OC. The van der Waals surface area contributed by atoms with Crippen LogP contribution in [0.3, 0.4) is 0 Å². The van der Waals surface area contributed by atoms with Crippen molar-refractivity contribution in [3.05, 3.63) is 52.5 Å². The highest BCUT2D eigenvalue weighted by molar-refractivity contribution is 7.18. The van der Waals surface area contributed by atoms with Crippen molar-refractivity contribution in [2.45, 2.75) is 26.4 Å². The number of nitrogens with one attached hydrogen (secondary N) is 1. The normalized spacial score (nSPS) is 13.6. The molecule has 1 heterocycles. The molecule has 0 aliphatic rings. The Morgan fingerprint density at radius 2 is 1.80 bits per heavy atom. The van der Waals surface area contributed by atoms with Gasteiger partial charge in [-0.05, 0) is 43.7 Å². The Morgan fingerprint density at radius 1 is 1.12 bits per heavy atom. The molecule has 5 heteroatoms. The van der Waals surface area contributed by atoms with E-state index in [1.54, 1.807) is 25.6 Å². The van der Waals surface area contributed by atoms with Crippen molar-refractivity contribution in [1.29, 1.82) is 0 Å². The molecule has 0 saturated carbocycles. The van der Waals surface area contributed by atoms with Crippen LogP contribution in [0.25, 0.3) is 10.2 Å². The van der Waals surface area contributed by atoms with Gasteiger partial charge >= 0.3 is 0 Å². The molecule has 2 aromatic carbocycles. The van der Waals surface area contributed by atoms with E-state index in [4.69, 9.17) is 14.5 Å². The predicted octanol–water partition coefficient (Wildman–Crippen LogP) is 3.40. The molecular weight excluding hydrogens is 332 g/mol. The van der Waals surface area contributed by atoms with Gasteiger partial charge in [0.2, 0.25) is 0 Å². The molecule has 2 atom stereocenters. The number of benzene rings is 2. The van der Waals surface area contributed by atoms with Crippen molar-refractivity contribution in [2.24, 2.45) is 0 Å². The van der Waals surface area contributed by atoms with Gasteiger partial charge in [0.15, 0.2) is 16.5 Å². The first-order chi connectivity index (χ1) is 12.0. The fraction of sp³-hybridized carbons (Fsp3) is 0.350. The van der Waals surface area contributed by atoms with Crippen molar-refractivity contribution < 1.29 is 14.4 Å². The number of nitrogens with zero attached hydrogens (tertiary/aromatic N) is 1. The highest BCUT2D eigenvalue weighted by atomic mass is 32.1. The molecule has 0 aliphatic heterocycles. The molecule has 0 bridgehead atoms. The molecule has 0 radical (unpaired) electrons. The van der Waals surface area contributed by atoms with Gasteiger partial charge in [-0.2, -0.15) is 0 Å². The minimum absolute atomic E-state index is 0.324. The van der Waals surface area contributed by atoms with Gasteiger partial charge in [-0.15, -0.1) is 11.3 Å². The lowest BCUT2D eigenvalue weighted by Gasteiger charge is -2.21. The van der Waals surface area contributed by atoms with E-state index >= 15 is 0 Å². The third-order valence-corrected chi connectivity index (χ3v) is 5.95. The summed E-state index contributed by atoms with van der Waals surface area (Å²) in [5.41, 5.74) is 3.57. The van der Waals surface area contributed by atoms with Gasteiger partial charge in [-0.25, -0.2) is 4.98 Å². The molecule has 1 unspecified atom stereocenters. The number of aryl methyl sites for hydroxylation is 1. The molecule has 132 valence electrons. The number of thiazole rings is 1. The summed E-state index contributed by atoms with van der Waals surface area (Å²) >= 11 is 1.79. The highest BCUT2D eigenvalue weighted by Crippen LogP contribution is 2.30. The van der Waals surface area contributed by atoms with Crippen LogP contribution in [0.4, 0.5) is 0 Å². The van der Waals surface area contributed by atoms with Gasteiger partial charge in [-0.1, -0.05) is 12.1 Å². The molecule has 0 saturated heterocycles. The lowest BCUT2D eigenvalue weighted by atomic mass is 10.1. The summed E-state index contributed by atoms with van der Waals surface area (Å²) in [5.74, 6) is 1.56. The second-order valence-corrected chi connectivity index (χ2v) is 7.46. The summed E-state index contributed by atoms with van der Waals surface area (Å²) in [6.45, 7) is 5.26. The van der Waals surface area contributed by atoms with Crippen LogP contribution in [0, 0.1) is 6.92 Å². The minimum Gasteiger partial charge on any atom is -0.493 e. The fourth-order valence-electron chi connectivity index (χ4n) is 2.95. The van der Waals surface area contributed by atoms with Crippen LogP contribution in [0.15, 0.2) is 36.4 Å². The molecule has 0 aliphatic carbocycles. The maximum atomic E-state index is 5.45. The molecule has 1 N–H and O–H groups in total. The molecule has 0 fully saturated rings. The molecule has 3 aromatic rings.